The molecular formula is C6H11NO. The SMILES string of the molecule is C=CO/N=C(\C)CC. The number of rotatable bonds is 3. The van der Waals surface area contributed by atoms with Gasteiger partial charge >= 0.3 is 0 Å². The molecule has 0 N–H and O–H groups in total. The molecule has 0 atom stereocenters. The molecule has 0 aliphatic rings. The molecule has 0 unspecified atom stereocenters. The normalized spacial score (nSPS) is 11.0. The fourth-order valence-corrected chi connectivity index (χ4v) is 0.192. The van der Waals surface area contributed by atoms with Gasteiger partial charge in [-0.05, 0) is 13.3 Å². The predicted octanol–water partition coefficient (Wildman–Crippen LogP) is 1.93. The average Bonchev–Trinajstić information content (AvgIpc) is 1.83. The van der Waals surface area contributed by atoms with E-state index in [2.05, 4.69) is 16.6 Å². The minimum Gasteiger partial charge on any atom is -0.366 e. The molecule has 0 aromatic heterocycles. The third kappa shape index (κ3) is 3.40. The Hall–Kier alpha value is -0.790. The van der Waals surface area contributed by atoms with Gasteiger partial charge in [0.25, 0.3) is 0 Å². The van der Waals surface area contributed by atoms with Crippen molar-refractivity contribution in [1.82, 2.24) is 0 Å². The fourth-order valence-electron chi connectivity index (χ4n) is 0.192. The number of hydrogen-bond donors (Lipinski definition) is 0. The van der Waals surface area contributed by atoms with E-state index in [-0.39, 0.29) is 0 Å². The van der Waals surface area contributed by atoms with Crippen molar-refractivity contribution in [3.8, 4) is 0 Å². The maximum atomic E-state index is 4.54. The Kier molecular flexibility index (Phi) is 3.94. The van der Waals surface area contributed by atoms with Crippen molar-refractivity contribution in [3.63, 3.8) is 0 Å². The van der Waals surface area contributed by atoms with Gasteiger partial charge in [0, 0.05) is 0 Å². The molecule has 0 rings (SSSR count). The summed E-state index contributed by atoms with van der Waals surface area (Å²) in [5.74, 6) is 0. The van der Waals surface area contributed by atoms with Gasteiger partial charge in [0.05, 0.1) is 5.71 Å². The molecule has 0 spiro atoms. The first kappa shape index (κ1) is 7.21. The van der Waals surface area contributed by atoms with Gasteiger partial charge in [0.1, 0.15) is 6.26 Å². The fraction of sp³-hybridized carbons (Fsp3) is 0.500. The van der Waals surface area contributed by atoms with Gasteiger partial charge in [0.2, 0.25) is 0 Å². The maximum absolute atomic E-state index is 4.54. The van der Waals surface area contributed by atoms with Crippen LogP contribution in [0.25, 0.3) is 0 Å². The van der Waals surface area contributed by atoms with Gasteiger partial charge in [-0.3, -0.25) is 0 Å². The Morgan fingerprint density at radius 3 is 2.88 bits per heavy atom. The molecule has 0 fully saturated rings. The highest BCUT2D eigenvalue weighted by Crippen LogP contribution is 1.84. The van der Waals surface area contributed by atoms with E-state index in [1.165, 1.54) is 6.26 Å². The van der Waals surface area contributed by atoms with Gasteiger partial charge in [-0.25, -0.2) is 0 Å². The zero-order chi connectivity index (χ0) is 6.41. The second kappa shape index (κ2) is 4.37. The molecule has 0 radical (unpaired) electrons. The topological polar surface area (TPSA) is 21.6 Å². The van der Waals surface area contributed by atoms with Crippen molar-refractivity contribution < 1.29 is 4.84 Å². The van der Waals surface area contributed by atoms with Crippen LogP contribution in [0.15, 0.2) is 18.0 Å². The molecule has 2 nitrogen and oxygen atoms in total. The summed E-state index contributed by atoms with van der Waals surface area (Å²) in [5.41, 5.74) is 0.977. The Morgan fingerprint density at radius 2 is 2.50 bits per heavy atom. The van der Waals surface area contributed by atoms with E-state index in [1.807, 2.05) is 13.8 Å². The third-order valence-electron chi connectivity index (χ3n) is 0.795. The zero-order valence-electron chi connectivity index (χ0n) is 5.35. The largest absolute Gasteiger partial charge is 0.366 e. The first-order valence-corrected chi connectivity index (χ1v) is 2.61. The lowest BCUT2D eigenvalue weighted by molar-refractivity contribution is 0.268. The van der Waals surface area contributed by atoms with Crippen molar-refractivity contribution in [2.75, 3.05) is 0 Å². The molecule has 0 aliphatic heterocycles. The van der Waals surface area contributed by atoms with Crippen LogP contribution in [0.1, 0.15) is 20.3 Å². The summed E-state index contributed by atoms with van der Waals surface area (Å²) in [7, 11) is 0. The molecule has 8 heavy (non-hydrogen) atoms. The highest BCUT2D eigenvalue weighted by Gasteiger charge is 1.80. The summed E-state index contributed by atoms with van der Waals surface area (Å²) in [4.78, 5) is 4.54. The van der Waals surface area contributed by atoms with Crippen LogP contribution in [0.3, 0.4) is 0 Å². The van der Waals surface area contributed by atoms with Crippen molar-refractivity contribution in [2.45, 2.75) is 20.3 Å². The van der Waals surface area contributed by atoms with Crippen LogP contribution in [0, 0.1) is 0 Å². The van der Waals surface area contributed by atoms with E-state index in [0.29, 0.717) is 0 Å². The summed E-state index contributed by atoms with van der Waals surface area (Å²) in [6, 6.07) is 0. The summed E-state index contributed by atoms with van der Waals surface area (Å²) >= 11 is 0. The number of hydrogen-bond acceptors (Lipinski definition) is 2. The molecule has 0 saturated carbocycles. The van der Waals surface area contributed by atoms with Crippen LogP contribution in [0.4, 0.5) is 0 Å². The molecule has 0 aromatic rings. The van der Waals surface area contributed by atoms with E-state index in [0.717, 1.165) is 12.1 Å². The van der Waals surface area contributed by atoms with Gasteiger partial charge in [-0.2, -0.15) is 0 Å². The Morgan fingerprint density at radius 1 is 1.88 bits per heavy atom. The molecule has 0 aromatic carbocycles. The van der Waals surface area contributed by atoms with Crippen LogP contribution in [-0.2, 0) is 4.84 Å². The van der Waals surface area contributed by atoms with Crippen LogP contribution >= 0.6 is 0 Å². The quantitative estimate of drug-likeness (QED) is 0.311. The van der Waals surface area contributed by atoms with Crippen LogP contribution in [-0.4, -0.2) is 5.71 Å². The average molecular weight is 113 g/mol. The van der Waals surface area contributed by atoms with Gasteiger partial charge in [-0.1, -0.05) is 18.7 Å². The van der Waals surface area contributed by atoms with E-state index in [4.69, 9.17) is 0 Å². The minimum atomic E-state index is 0.924. The predicted molar refractivity (Wildman–Crippen MR) is 34.7 cm³/mol. The minimum absolute atomic E-state index is 0.924. The third-order valence-corrected chi connectivity index (χ3v) is 0.795. The second-order valence-electron chi connectivity index (χ2n) is 1.45. The summed E-state index contributed by atoms with van der Waals surface area (Å²) in [6.45, 7) is 7.26. The van der Waals surface area contributed by atoms with E-state index >= 15 is 0 Å². The molecule has 0 bridgehead atoms. The molecule has 46 valence electrons. The lowest BCUT2D eigenvalue weighted by Crippen LogP contribution is -1.85. The first-order chi connectivity index (χ1) is 3.81. The van der Waals surface area contributed by atoms with Crippen LogP contribution in [0.2, 0.25) is 0 Å². The smallest absolute Gasteiger partial charge is 0.114 e. The van der Waals surface area contributed by atoms with Gasteiger partial charge < -0.3 is 4.84 Å². The molecule has 0 saturated heterocycles. The van der Waals surface area contributed by atoms with Crippen LogP contribution in [0.5, 0.6) is 0 Å². The summed E-state index contributed by atoms with van der Waals surface area (Å²) in [5, 5.41) is 3.66. The standard InChI is InChI=1S/C6H11NO/c1-4-6(3)7-8-5-2/h5H,2,4H2,1,3H3/b7-6+. The molecule has 2 heteroatoms. The Bertz CT molecular complexity index is 96.7. The zero-order valence-corrected chi connectivity index (χ0v) is 5.35. The summed E-state index contributed by atoms with van der Waals surface area (Å²) < 4.78 is 0. The van der Waals surface area contributed by atoms with E-state index in [1.54, 1.807) is 0 Å². The molecule has 0 heterocycles. The monoisotopic (exact) mass is 113 g/mol. The highest BCUT2D eigenvalue weighted by molar-refractivity contribution is 5.80. The van der Waals surface area contributed by atoms with Crippen molar-refractivity contribution >= 4 is 5.71 Å². The van der Waals surface area contributed by atoms with Gasteiger partial charge in [-0.15, -0.1) is 0 Å². The highest BCUT2D eigenvalue weighted by atomic mass is 16.6. The van der Waals surface area contributed by atoms with E-state index in [9.17, 15) is 0 Å². The second-order valence-corrected chi connectivity index (χ2v) is 1.45. The Balaban J connectivity index is 3.40. The van der Waals surface area contributed by atoms with Crippen molar-refractivity contribution in [2.24, 2.45) is 5.16 Å². The lowest BCUT2D eigenvalue weighted by atomic mass is 10.3. The first-order valence-electron chi connectivity index (χ1n) is 2.61. The summed E-state index contributed by atoms with van der Waals surface area (Å²) in [6.07, 6.45) is 2.23. The van der Waals surface area contributed by atoms with Crippen molar-refractivity contribution in [3.05, 3.63) is 12.8 Å². The van der Waals surface area contributed by atoms with Gasteiger partial charge in [0.15, 0.2) is 0 Å². The molecule has 0 aliphatic carbocycles. The molecular weight excluding hydrogens is 102 g/mol. The maximum Gasteiger partial charge on any atom is 0.114 e. The molecule has 0 amide bonds. The van der Waals surface area contributed by atoms with E-state index < -0.39 is 0 Å². The number of oxime groups is 1. The van der Waals surface area contributed by atoms with Crippen LogP contribution < -0.4 is 0 Å². The van der Waals surface area contributed by atoms with Crippen molar-refractivity contribution in [1.29, 1.82) is 0 Å². The Labute approximate surface area is 49.8 Å². The number of nitrogens with zero attached hydrogens (tertiary/aromatic N) is 1. The lowest BCUT2D eigenvalue weighted by Gasteiger charge is -1.89.